The number of aromatic nitrogens is 2. The van der Waals surface area contributed by atoms with Gasteiger partial charge in [0.25, 0.3) is 0 Å². The number of aryl methyl sites for hydroxylation is 1. The van der Waals surface area contributed by atoms with E-state index in [1.165, 1.54) is 4.68 Å². The van der Waals surface area contributed by atoms with E-state index in [0.29, 0.717) is 6.54 Å². The Bertz CT molecular complexity index is 561. The number of hydrogen-bond acceptors (Lipinski definition) is 5. The summed E-state index contributed by atoms with van der Waals surface area (Å²) in [5.74, 6) is 0.689. The molecule has 0 saturated carbocycles. The summed E-state index contributed by atoms with van der Waals surface area (Å²) in [6.07, 6.45) is 5.05. The first-order valence-corrected chi connectivity index (χ1v) is 6.36. The highest BCUT2D eigenvalue weighted by Crippen LogP contribution is 2.12. The SMILES string of the molecule is Cc1ccoc1CNc1cnn(CC(=O)NCCO)c1. The maximum absolute atomic E-state index is 11.5. The molecule has 7 nitrogen and oxygen atoms in total. The van der Waals surface area contributed by atoms with Crippen LogP contribution in [0.1, 0.15) is 11.3 Å². The standard InChI is InChI=1S/C13H18N4O3/c1-10-2-5-20-12(10)7-15-11-6-16-17(8-11)9-13(19)14-3-4-18/h2,5-6,8,15,18H,3-4,7,9H2,1H3,(H,14,19). The topological polar surface area (TPSA) is 92.3 Å². The van der Waals surface area contributed by atoms with Crippen molar-refractivity contribution < 1.29 is 14.3 Å². The Labute approximate surface area is 116 Å². The molecule has 0 aliphatic heterocycles. The predicted molar refractivity (Wildman–Crippen MR) is 73.1 cm³/mol. The van der Waals surface area contributed by atoms with Crippen molar-refractivity contribution in [2.24, 2.45) is 0 Å². The number of furan rings is 1. The van der Waals surface area contributed by atoms with Crippen molar-refractivity contribution in [1.82, 2.24) is 15.1 Å². The van der Waals surface area contributed by atoms with Crippen LogP contribution in [0.3, 0.4) is 0 Å². The molecule has 108 valence electrons. The molecule has 0 bridgehead atoms. The average Bonchev–Trinajstić information content (AvgIpc) is 3.03. The summed E-state index contributed by atoms with van der Waals surface area (Å²) in [6.45, 7) is 2.86. The second-order valence-corrected chi connectivity index (χ2v) is 4.38. The molecule has 3 N–H and O–H groups in total. The van der Waals surface area contributed by atoms with Crippen LogP contribution in [0.5, 0.6) is 0 Å². The van der Waals surface area contributed by atoms with Gasteiger partial charge in [-0.2, -0.15) is 5.10 Å². The normalized spacial score (nSPS) is 10.5. The lowest BCUT2D eigenvalue weighted by atomic mass is 10.3. The van der Waals surface area contributed by atoms with E-state index in [4.69, 9.17) is 9.52 Å². The highest BCUT2D eigenvalue weighted by Gasteiger charge is 2.05. The zero-order chi connectivity index (χ0) is 14.4. The van der Waals surface area contributed by atoms with Gasteiger partial charge in [0.2, 0.25) is 5.91 Å². The molecule has 20 heavy (non-hydrogen) atoms. The van der Waals surface area contributed by atoms with Crippen molar-refractivity contribution in [3.63, 3.8) is 0 Å². The second-order valence-electron chi connectivity index (χ2n) is 4.38. The molecule has 2 heterocycles. The van der Waals surface area contributed by atoms with E-state index in [1.807, 2.05) is 13.0 Å². The van der Waals surface area contributed by atoms with Gasteiger partial charge in [-0.05, 0) is 18.6 Å². The highest BCUT2D eigenvalue weighted by molar-refractivity contribution is 5.75. The monoisotopic (exact) mass is 278 g/mol. The average molecular weight is 278 g/mol. The maximum Gasteiger partial charge on any atom is 0.241 e. The number of aliphatic hydroxyl groups is 1. The minimum atomic E-state index is -0.185. The molecule has 0 spiro atoms. The molecule has 2 aromatic heterocycles. The largest absolute Gasteiger partial charge is 0.467 e. The Balaban J connectivity index is 1.83. The quantitative estimate of drug-likeness (QED) is 0.686. The van der Waals surface area contributed by atoms with Crippen molar-refractivity contribution in [2.45, 2.75) is 20.0 Å². The van der Waals surface area contributed by atoms with E-state index >= 15 is 0 Å². The van der Waals surface area contributed by atoms with Crippen LogP contribution in [-0.4, -0.2) is 33.9 Å². The molecular weight excluding hydrogens is 260 g/mol. The first-order valence-electron chi connectivity index (χ1n) is 6.36. The summed E-state index contributed by atoms with van der Waals surface area (Å²) >= 11 is 0. The van der Waals surface area contributed by atoms with E-state index in [0.717, 1.165) is 17.0 Å². The van der Waals surface area contributed by atoms with Crippen LogP contribution in [0.25, 0.3) is 0 Å². The lowest BCUT2D eigenvalue weighted by Gasteiger charge is -2.03. The number of hydrogen-bond donors (Lipinski definition) is 3. The van der Waals surface area contributed by atoms with Crippen LogP contribution in [0.4, 0.5) is 5.69 Å². The van der Waals surface area contributed by atoms with Gasteiger partial charge in [0.1, 0.15) is 12.3 Å². The van der Waals surface area contributed by atoms with E-state index in [9.17, 15) is 4.79 Å². The van der Waals surface area contributed by atoms with E-state index in [-0.39, 0.29) is 25.6 Å². The van der Waals surface area contributed by atoms with Gasteiger partial charge in [-0.3, -0.25) is 9.48 Å². The van der Waals surface area contributed by atoms with Crippen LogP contribution in [0.2, 0.25) is 0 Å². The number of rotatable bonds is 7. The number of anilines is 1. The van der Waals surface area contributed by atoms with Crippen LogP contribution < -0.4 is 10.6 Å². The number of carbonyl (C=O) groups is 1. The summed E-state index contributed by atoms with van der Waals surface area (Å²) in [6, 6.07) is 1.91. The third-order valence-electron chi connectivity index (χ3n) is 2.79. The lowest BCUT2D eigenvalue weighted by Crippen LogP contribution is -2.30. The second kappa shape index (κ2) is 6.76. The molecule has 0 atom stereocenters. The zero-order valence-corrected chi connectivity index (χ0v) is 11.3. The Hall–Kier alpha value is -2.28. The van der Waals surface area contributed by atoms with E-state index < -0.39 is 0 Å². The van der Waals surface area contributed by atoms with Crippen molar-refractivity contribution >= 4 is 11.6 Å². The number of carbonyl (C=O) groups excluding carboxylic acids is 1. The van der Waals surface area contributed by atoms with E-state index in [1.54, 1.807) is 18.7 Å². The molecule has 2 rings (SSSR count). The third-order valence-corrected chi connectivity index (χ3v) is 2.79. The minimum absolute atomic E-state index is 0.0693. The first-order chi connectivity index (χ1) is 9.69. The molecule has 0 unspecified atom stereocenters. The van der Waals surface area contributed by atoms with Gasteiger partial charge >= 0.3 is 0 Å². The smallest absolute Gasteiger partial charge is 0.241 e. The summed E-state index contributed by atoms with van der Waals surface area (Å²) in [7, 11) is 0. The minimum Gasteiger partial charge on any atom is -0.467 e. The van der Waals surface area contributed by atoms with Gasteiger partial charge < -0.3 is 20.2 Å². The van der Waals surface area contributed by atoms with Gasteiger partial charge in [0, 0.05) is 12.7 Å². The molecule has 0 aliphatic carbocycles. The molecule has 7 heteroatoms. The molecule has 0 radical (unpaired) electrons. The lowest BCUT2D eigenvalue weighted by molar-refractivity contribution is -0.122. The van der Waals surface area contributed by atoms with Gasteiger partial charge in [0.15, 0.2) is 0 Å². The van der Waals surface area contributed by atoms with Crippen LogP contribution >= 0.6 is 0 Å². The fraction of sp³-hybridized carbons (Fsp3) is 0.385. The Morgan fingerprint density at radius 1 is 1.55 bits per heavy atom. The van der Waals surface area contributed by atoms with Crippen molar-refractivity contribution in [2.75, 3.05) is 18.5 Å². The van der Waals surface area contributed by atoms with Crippen LogP contribution in [0, 0.1) is 6.92 Å². The van der Waals surface area contributed by atoms with Crippen LogP contribution in [-0.2, 0) is 17.9 Å². The molecule has 1 amide bonds. The fourth-order valence-electron chi connectivity index (χ4n) is 1.71. The first kappa shape index (κ1) is 14.1. The third kappa shape index (κ3) is 3.86. The number of aliphatic hydroxyl groups excluding tert-OH is 1. The number of nitrogens with one attached hydrogen (secondary N) is 2. The van der Waals surface area contributed by atoms with Crippen molar-refractivity contribution in [3.8, 4) is 0 Å². The van der Waals surface area contributed by atoms with Crippen molar-refractivity contribution in [3.05, 3.63) is 36.0 Å². The number of amides is 1. The van der Waals surface area contributed by atoms with Gasteiger partial charge in [-0.15, -0.1) is 0 Å². The molecule has 0 aromatic carbocycles. The van der Waals surface area contributed by atoms with Gasteiger partial charge in [-0.1, -0.05) is 0 Å². The summed E-state index contributed by atoms with van der Waals surface area (Å²) in [5.41, 5.74) is 1.91. The van der Waals surface area contributed by atoms with Gasteiger partial charge in [-0.25, -0.2) is 0 Å². The molecule has 0 fully saturated rings. The molecule has 0 saturated heterocycles. The molecular formula is C13H18N4O3. The number of nitrogens with zero attached hydrogens (tertiary/aromatic N) is 2. The van der Waals surface area contributed by atoms with Crippen molar-refractivity contribution in [1.29, 1.82) is 0 Å². The Morgan fingerprint density at radius 2 is 2.40 bits per heavy atom. The van der Waals surface area contributed by atoms with Gasteiger partial charge in [0.05, 0.1) is 31.3 Å². The molecule has 0 aliphatic rings. The molecule has 2 aromatic rings. The highest BCUT2D eigenvalue weighted by atomic mass is 16.3. The summed E-state index contributed by atoms with van der Waals surface area (Å²) in [5, 5.41) is 18.4. The maximum atomic E-state index is 11.5. The summed E-state index contributed by atoms with van der Waals surface area (Å²) < 4.78 is 6.86. The Morgan fingerprint density at radius 3 is 3.10 bits per heavy atom. The van der Waals surface area contributed by atoms with E-state index in [2.05, 4.69) is 15.7 Å². The zero-order valence-electron chi connectivity index (χ0n) is 11.3. The fourth-order valence-corrected chi connectivity index (χ4v) is 1.71. The summed E-state index contributed by atoms with van der Waals surface area (Å²) in [4.78, 5) is 11.5. The van der Waals surface area contributed by atoms with Crippen LogP contribution in [0.15, 0.2) is 29.1 Å². The Kier molecular flexibility index (Phi) is 4.78. The predicted octanol–water partition coefficient (Wildman–Crippen LogP) is 0.505.